The van der Waals surface area contributed by atoms with Gasteiger partial charge in [-0.15, -0.1) is 5.10 Å². The third-order valence-electron chi connectivity index (χ3n) is 5.20. The fourth-order valence-corrected chi connectivity index (χ4v) is 3.88. The molecule has 3 aromatic heterocycles. The van der Waals surface area contributed by atoms with E-state index >= 15 is 0 Å². The Morgan fingerprint density at radius 2 is 1.97 bits per heavy atom. The summed E-state index contributed by atoms with van der Waals surface area (Å²) in [4.78, 5) is 17.1. The Balaban J connectivity index is 1.81. The van der Waals surface area contributed by atoms with Crippen molar-refractivity contribution in [3.63, 3.8) is 0 Å². The SMILES string of the molecule is CCCCc1c(Cl)n(C)c(=O)n1Cc1ccccc1-c1ccncc1-c1nnn[nH]1. The highest BCUT2D eigenvalue weighted by molar-refractivity contribution is 6.30. The topological polar surface area (TPSA) is 94.3 Å². The number of nitrogens with one attached hydrogen (secondary N) is 1. The Morgan fingerprint density at radius 1 is 1.13 bits per heavy atom. The van der Waals surface area contributed by atoms with Gasteiger partial charge in [0.15, 0.2) is 5.82 Å². The largest absolute Gasteiger partial charge is 0.329 e. The van der Waals surface area contributed by atoms with Crippen LogP contribution in [0.2, 0.25) is 5.15 Å². The van der Waals surface area contributed by atoms with Crippen molar-refractivity contribution >= 4 is 11.6 Å². The summed E-state index contributed by atoms with van der Waals surface area (Å²) in [6, 6.07) is 9.92. The molecular weight excluding hydrogens is 402 g/mol. The van der Waals surface area contributed by atoms with Gasteiger partial charge >= 0.3 is 5.69 Å². The van der Waals surface area contributed by atoms with Crippen LogP contribution in [0.4, 0.5) is 0 Å². The lowest BCUT2D eigenvalue weighted by Gasteiger charge is -2.14. The average Bonchev–Trinajstić information content (AvgIpc) is 3.38. The Kier molecular flexibility index (Phi) is 5.76. The number of nitrogens with zero attached hydrogens (tertiary/aromatic N) is 6. The molecule has 0 atom stereocenters. The molecule has 8 nitrogen and oxygen atoms in total. The first-order valence-corrected chi connectivity index (χ1v) is 10.2. The number of halogens is 1. The van der Waals surface area contributed by atoms with Crippen molar-refractivity contribution in [3.8, 4) is 22.5 Å². The predicted octanol–water partition coefficient (Wildman–Crippen LogP) is 3.47. The van der Waals surface area contributed by atoms with Gasteiger partial charge in [-0.1, -0.05) is 49.2 Å². The molecule has 4 rings (SSSR count). The molecule has 0 saturated carbocycles. The molecule has 4 aromatic rings. The number of aromatic nitrogens is 7. The van der Waals surface area contributed by atoms with E-state index in [1.807, 2.05) is 30.3 Å². The van der Waals surface area contributed by atoms with E-state index in [0.717, 1.165) is 47.2 Å². The quantitative estimate of drug-likeness (QED) is 0.491. The first kappa shape index (κ1) is 20.0. The molecule has 0 amide bonds. The van der Waals surface area contributed by atoms with E-state index < -0.39 is 0 Å². The highest BCUT2D eigenvalue weighted by Gasteiger charge is 2.19. The van der Waals surface area contributed by atoms with Crippen LogP contribution in [0.3, 0.4) is 0 Å². The number of hydrogen-bond acceptors (Lipinski definition) is 5. The summed E-state index contributed by atoms with van der Waals surface area (Å²) in [7, 11) is 1.71. The maximum atomic E-state index is 12.9. The molecule has 9 heteroatoms. The number of aromatic amines is 1. The molecule has 0 radical (unpaired) electrons. The monoisotopic (exact) mass is 423 g/mol. The highest BCUT2D eigenvalue weighted by Crippen LogP contribution is 2.32. The molecule has 1 N–H and O–H groups in total. The van der Waals surface area contributed by atoms with E-state index in [9.17, 15) is 4.79 Å². The van der Waals surface area contributed by atoms with Crippen LogP contribution in [-0.4, -0.2) is 34.7 Å². The van der Waals surface area contributed by atoms with Crippen LogP contribution < -0.4 is 5.69 Å². The predicted molar refractivity (Wildman–Crippen MR) is 115 cm³/mol. The van der Waals surface area contributed by atoms with Gasteiger partial charge in [-0.2, -0.15) is 0 Å². The zero-order chi connectivity index (χ0) is 21.1. The van der Waals surface area contributed by atoms with Gasteiger partial charge in [-0.3, -0.25) is 14.1 Å². The van der Waals surface area contributed by atoms with E-state index in [4.69, 9.17) is 11.6 Å². The standard InChI is InChI=1S/C21H22ClN7O/c1-3-4-9-18-19(22)28(2)21(30)29(18)13-14-7-5-6-8-15(14)16-10-11-23-12-17(16)20-24-26-27-25-20/h5-8,10-12H,3-4,9,13H2,1-2H3,(H,24,25,26,27). The summed E-state index contributed by atoms with van der Waals surface area (Å²) in [5.41, 5.74) is 4.47. The van der Waals surface area contributed by atoms with E-state index in [0.29, 0.717) is 17.5 Å². The number of benzene rings is 1. The van der Waals surface area contributed by atoms with Crippen molar-refractivity contribution in [2.45, 2.75) is 32.7 Å². The first-order chi connectivity index (χ1) is 14.6. The molecule has 154 valence electrons. The summed E-state index contributed by atoms with van der Waals surface area (Å²) in [5, 5.41) is 14.7. The summed E-state index contributed by atoms with van der Waals surface area (Å²) in [5.74, 6) is 0.538. The van der Waals surface area contributed by atoms with Crippen LogP contribution in [0.5, 0.6) is 0 Å². The molecule has 0 unspecified atom stereocenters. The van der Waals surface area contributed by atoms with Crippen molar-refractivity contribution in [3.05, 3.63) is 69.6 Å². The molecule has 0 aliphatic heterocycles. The minimum atomic E-state index is -0.115. The lowest BCUT2D eigenvalue weighted by atomic mass is 9.96. The molecule has 0 spiro atoms. The number of imidazole rings is 1. The Bertz CT molecular complexity index is 1210. The number of hydrogen-bond donors (Lipinski definition) is 1. The molecular formula is C21H22ClN7O. The van der Waals surface area contributed by atoms with Gasteiger partial charge in [0, 0.05) is 25.0 Å². The number of tetrazole rings is 1. The van der Waals surface area contributed by atoms with E-state index in [2.05, 4.69) is 32.5 Å². The average molecular weight is 424 g/mol. The fraction of sp³-hybridized carbons (Fsp3) is 0.286. The normalized spacial score (nSPS) is 11.2. The van der Waals surface area contributed by atoms with E-state index in [1.165, 1.54) is 4.57 Å². The number of rotatable bonds is 7. The van der Waals surface area contributed by atoms with Gasteiger partial charge in [0.05, 0.1) is 12.2 Å². The summed E-state index contributed by atoms with van der Waals surface area (Å²) >= 11 is 6.48. The molecule has 0 aliphatic carbocycles. The summed E-state index contributed by atoms with van der Waals surface area (Å²) in [6.07, 6.45) is 6.22. The van der Waals surface area contributed by atoms with Crippen molar-refractivity contribution in [1.29, 1.82) is 0 Å². The van der Waals surface area contributed by atoms with Gasteiger partial charge in [0.2, 0.25) is 0 Å². The third kappa shape index (κ3) is 3.66. The first-order valence-electron chi connectivity index (χ1n) is 9.82. The molecule has 1 aromatic carbocycles. The van der Waals surface area contributed by atoms with Crippen molar-refractivity contribution < 1.29 is 0 Å². The minimum absolute atomic E-state index is 0.115. The second-order valence-corrected chi connectivity index (χ2v) is 7.46. The molecule has 0 saturated heterocycles. The zero-order valence-corrected chi connectivity index (χ0v) is 17.6. The van der Waals surface area contributed by atoms with Gasteiger partial charge in [0.1, 0.15) is 5.15 Å². The number of pyridine rings is 1. The smallest absolute Gasteiger partial charge is 0.290 e. The van der Waals surface area contributed by atoms with Crippen LogP contribution in [0.1, 0.15) is 31.0 Å². The minimum Gasteiger partial charge on any atom is -0.290 e. The zero-order valence-electron chi connectivity index (χ0n) is 16.8. The lowest BCUT2D eigenvalue weighted by molar-refractivity contribution is 0.667. The summed E-state index contributed by atoms with van der Waals surface area (Å²) < 4.78 is 3.28. The van der Waals surface area contributed by atoms with E-state index in [1.54, 1.807) is 24.0 Å². The van der Waals surface area contributed by atoms with E-state index in [-0.39, 0.29) is 5.69 Å². The second kappa shape index (κ2) is 8.62. The molecule has 0 bridgehead atoms. The van der Waals surface area contributed by atoms with Crippen molar-refractivity contribution in [2.24, 2.45) is 7.05 Å². The van der Waals surface area contributed by atoms with Crippen LogP contribution >= 0.6 is 11.6 Å². The Morgan fingerprint density at radius 3 is 2.73 bits per heavy atom. The van der Waals surface area contributed by atoms with Gasteiger partial charge < -0.3 is 0 Å². The molecule has 3 heterocycles. The number of unbranched alkanes of at least 4 members (excludes halogenated alkanes) is 1. The van der Waals surface area contributed by atoms with Crippen molar-refractivity contribution in [1.82, 2.24) is 34.7 Å². The lowest BCUT2D eigenvalue weighted by Crippen LogP contribution is -2.24. The Labute approximate surface area is 178 Å². The third-order valence-corrected chi connectivity index (χ3v) is 5.67. The Hall–Kier alpha value is -3.26. The van der Waals surface area contributed by atoms with Crippen LogP contribution in [0, 0.1) is 0 Å². The maximum absolute atomic E-state index is 12.9. The maximum Gasteiger partial charge on any atom is 0.329 e. The molecule has 0 fully saturated rings. The van der Waals surface area contributed by atoms with Gasteiger partial charge in [0.25, 0.3) is 0 Å². The van der Waals surface area contributed by atoms with Crippen LogP contribution in [0.15, 0.2) is 47.5 Å². The number of H-pyrrole nitrogens is 1. The molecule has 30 heavy (non-hydrogen) atoms. The van der Waals surface area contributed by atoms with Crippen LogP contribution in [0.25, 0.3) is 22.5 Å². The molecule has 0 aliphatic rings. The fourth-order valence-electron chi connectivity index (χ4n) is 3.61. The highest BCUT2D eigenvalue weighted by atomic mass is 35.5. The van der Waals surface area contributed by atoms with Crippen LogP contribution in [-0.2, 0) is 20.0 Å². The van der Waals surface area contributed by atoms with Crippen molar-refractivity contribution in [2.75, 3.05) is 0 Å². The van der Waals surface area contributed by atoms with Gasteiger partial charge in [-0.25, -0.2) is 9.89 Å². The summed E-state index contributed by atoms with van der Waals surface area (Å²) in [6.45, 7) is 2.54. The second-order valence-electron chi connectivity index (χ2n) is 7.10. The van der Waals surface area contributed by atoms with Gasteiger partial charge in [-0.05, 0) is 46.0 Å².